The molecule has 0 spiro atoms. The Morgan fingerprint density at radius 2 is 1.43 bits per heavy atom. The van der Waals surface area contributed by atoms with Crippen LogP contribution < -0.4 is 0 Å². The third-order valence-electron chi connectivity index (χ3n) is 2.90. The summed E-state index contributed by atoms with van der Waals surface area (Å²) >= 11 is 6.45. The van der Waals surface area contributed by atoms with Crippen LogP contribution in [0.1, 0.15) is 64.7 Å². The zero-order valence-corrected chi connectivity index (χ0v) is 11.1. The number of unbranched alkanes of at least 4 members (excludes halogenated alkanes) is 7. The lowest BCUT2D eigenvalue weighted by Crippen LogP contribution is -1.87. The van der Waals surface area contributed by atoms with Gasteiger partial charge in [-0.25, -0.2) is 0 Å². The Labute approximate surface area is 99.0 Å². The molecule has 0 aromatic rings. The van der Waals surface area contributed by atoms with Gasteiger partial charge in [0.1, 0.15) is 0 Å². The number of thioether (sulfide) groups is 1. The van der Waals surface area contributed by atoms with Crippen molar-refractivity contribution in [2.45, 2.75) is 74.5 Å². The Kier molecular flexibility index (Phi) is 7.23. The molecule has 84 valence electrons. The van der Waals surface area contributed by atoms with Gasteiger partial charge in [-0.3, -0.25) is 0 Å². The van der Waals surface area contributed by atoms with Gasteiger partial charge in [-0.05, 0) is 6.42 Å². The molecule has 1 fully saturated rings. The van der Waals surface area contributed by atoms with Crippen molar-refractivity contribution in [3.63, 3.8) is 0 Å². The zero-order chi connectivity index (χ0) is 10.2. The molecule has 0 saturated carbocycles. The minimum absolute atomic E-state index is 0.680. The van der Waals surface area contributed by atoms with E-state index in [1.807, 2.05) is 11.8 Å². The molecule has 1 aliphatic rings. The Morgan fingerprint density at radius 3 is 1.93 bits per heavy atom. The summed E-state index contributed by atoms with van der Waals surface area (Å²) in [6.07, 6.45) is 12.9. The first-order valence-electron chi connectivity index (χ1n) is 6.18. The van der Waals surface area contributed by atoms with Crippen molar-refractivity contribution in [2.75, 3.05) is 0 Å². The molecule has 0 bridgehead atoms. The molecule has 1 heterocycles. The van der Waals surface area contributed by atoms with E-state index < -0.39 is 0 Å². The van der Waals surface area contributed by atoms with Crippen LogP contribution in [0.3, 0.4) is 0 Å². The van der Waals surface area contributed by atoms with Crippen molar-refractivity contribution in [2.24, 2.45) is 0 Å². The smallest absolute Gasteiger partial charge is 0.0594 e. The van der Waals surface area contributed by atoms with Crippen molar-refractivity contribution < 1.29 is 0 Å². The molecular formula is C12H24S2. The number of rotatable bonds is 9. The lowest BCUT2D eigenvalue weighted by Gasteiger charge is -2.00. The highest BCUT2D eigenvalue weighted by atomic mass is 32.2. The van der Waals surface area contributed by atoms with Gasteiger partial charge in [0.05, 0.1) is 4.58 Å². The second-order valence-electron chi connectivity index (χ2n) is 4.33. The van der Waals surface area contributed by atoms with Gasteiger partial charge in [-0.2, -0.15) is 12.6 Å². The van der Waals surface area contributed by atoms with Gasteiger partial charge in [0, 0.05) is 5.25 Å². The number of thiol groups is 1. The molecule has 0 N–H and O–H groups in total. The first-order valence-corrected chi connectivity index (χ1v) is 7.64. The molecule has 0 radical (unpaired) electrons. The van der Waals surface area contributed by atoms with Crippen molar-refractivity contribution in [1.82, 2.24) is 0 Å². The minimum atomic E-state index is 0.680. The van der Waals surface area contributed by atoms with Crippen molar-refractivity contribution in [3.05, 3.63) is 0 Å². The average molecular weight is 232 g/mol. The summed E-state index contributed by atoms with van der Waals surface area (Å²) in [5, 5.41) is 0.901. The van der Waals surface area contributed by atoms with Crippen molar-refractivity contribution in [3.8, 4) is 0 Å². The molecular weight excluding hydrogens is 208 g/mol. The van der Waals surface area contributed by atoms with Gasteiger partial charge in [0.25, 0.3) is 0 Å². The summed E-state index contributed by atoms with van der Waals surface area (Å²) in [5.41, 5.74) is 0. The number of hydrogen-bond donors (Lipinski definition) is 1. The van der Waals surface area contributed by atoms with E-state index in [9.17, 15) is 0 Å². The standard InChI is InChI=1S/C12H24S2/c1-2-3-4-5-6-7-8-9-10-11-12(13)14-11/h11-13H,2-10H2,1H3. The topological polar surface area (TPSA) is 0 Å². The lowest BCUT2D eigenvalue weighted by atomic mass is 10.1. The van der Waals surface area contributed by atoms with Gasteiger partial charge < -0.3 is 0 Å². The van der Waals surface area contributed by atoms with Crippen LogP contribution in [0.4, 0.5) is 0 Å². The van der Waals surface area contributed by atoms with Crippen LogP contribution in [0.25, 0.3) is 0 Å². The van der Waals surface area contributed by atoms with Crippen molar-refractivity contribution >= 4 is 24.4 Å². The second-order valence-corrected chi connectivity index (χ2v) is 6.62. The van der Waals surface area contributed by atoms with E-state index in [1.165, 1.54) is 57.8 Å². The van der Waals surface area contributed by atoms with Crippen LogP contribution in [0, 0.1) is 0 Å². The monoisotopic (exact) mass is 232 g/mol. The van der Waals surface area contributed by atoms with Crippen LogP contribution in [0.2, 0.25) is 0 Å². The summed E-state index contributed by atoms with van der Waals surface area (Å²) < 4.78 is 0.680. The van der Waals surface area contributed by atoms with Gasteiger partial charge >= 0.3 is 0 Å². The predicted molar refractivity (Wildman–Crippen MR) is 71.4 cm³/mol. The highest BCUT2D eigenvalue weighted by molar-refractivity contribution is 8.18. The Bertz CT molecular complexity index is 136. The summed E-state index contributed by atoms with van der Waals surface area (Å²) in [6.45, 7) is 2.28. The van der Waals surface area contributed by atoms with Crippen LogP contribution in [-0.2, 0) is 0 Å². The highest BCUT2D eigenvalue weighted by Crippen LogP contribution is 2.46. The van der Waals surface area contributed by atoms with Gasteiger partial charge in [-0.15, -0.1) is 11.8 Å². The molecule has 0 aliphatic carbocycles. The molecule has 1 saturated heterocycles. The maximum atomic E-state index is 4.42. The van der Waals surface area contributed by atoms with Crippen LogP contribution in [-0.4, -0.2) is 9.83 Å². The maximum absolute atomic E-state index is 4.42. The van der Waals surface area contributed by atoms with Crippen LogP contribution in [0.5, 0.6) is 0 Å². The van der Waals surface area contributed by atoms with E-state index in [0.717, 1.165) is 5.25 Å². The third kappa shape index (κ3) is 6.23. The summed E-state index contributed by atoms with van der Waals surface area (Å²) in [6, 6.07) is 0. The van der Waals surface area contributed by atoms with E-state index in [2.05, 4.69) is 19.6 Å². The molecule has 0 nitrogen and oxygen atoms in total. The van der Waals surface area contributed by atoms with Crippen molar-refractivity contribution in [1.29, 1.82) is 0 Å². The molecule has 2 heteroatoms. The first-order chi connectivity index (χ1) is 6.84. The summed E-state index contributed by atoms with van der Waals surface area (Å²) in [5.74, 6) is 0. The van der Waals surface area contributed by atoms with E-state index in [-0.39, 0.29) is 0 Å². The Hall–Kier alpha value is 0.700. The van der Waals surface area contributed by atoms with Gasteiger partial charge in [-0.1, -0.05) is 58.3 Å². The molecule has 1 aliphatic heterocycles. The summed E-state index contributed by atoms with van der Waals surface area (Å²) in [4.78, 5) is 0. The summed E-state index contributed by atoms with van der Waals surface area (Å²) in [7, 11) is 0. The van der Waals surface area contributed by atoms with E-state index >= 15 is 0 Å². The second kappa shape index (κ2) is 7.92. The largest absolute Gasteiger partial charge is 0.164 e. The van der Waals surface area contributed by atoms with E-state index in [1.54, 1.807) is 0 Å². The molecule has 0 aromatic heterocycles. The molecule has 0 aromatic carbocycles. The molecule has 14 heavy (non-hydrogen) atoms. The highest BCUT2D eigenvalue weighted by Gasteiger charge is 2.33. The number of hydrogen-bond acceptors (Lipinski definition) is 2. The normalized spacial score (nSPS) is 25.3. The molecule has 2 unspecified atom stereocenters. The minimum Gasteiger partial charge on any atom is -0.164 e. The molecule has 2 atom stereocenters. The van der Waals surface area contributed by atoms with Gasteiger partial charge in [0.2, 0.25) is 0 Å². The average Bonchev–Trinajstić information content (AvgIpc) is 2.87. The predicted octanol–water partition coefficient (Wildman–Crippen LogP) is 4.89. The fourth-order valence-electron chi connectivity index (χ4n) is 1.82. The fraction of sp³-hybridized carbons (Fsp3) is 1.00. The fourth-order valence-corrected chi connectivity index (χ4v) is 3.15. The molecule has 0 amide bonds. The van der Waals surface area contributed by atoms with Crippen LogP contribution >= 0.6 is 24.4 Å². The zero-order valence-electron chi connectivity index (χ0n) is 9.37. The lowest BCUT2D eigenvalue weighted by molar-refractivity contribution is 0.568. The SMILES string of the molecule is CCCCCCCCCCC1SC1S. The Balaban J connectivity index is 1.68. The quantitative estimate of drug-likeness (QED) is 0.335. The molecule has 1 rings (SSSR count). The van der Waals surface area contributed by atoms with E-state index in [4.69, 9.17) is 0 Å². The third-order valence-corrected chi connectivity index (χ3v) is 4.98. The maximum Gasteiger partial charge on any atom is 0.0594 e. The Morgan fingerprint density at radius 1 is 0.929 bits per heavy atom. The van der Waals surface area contributed by atoms with E-state index in [0.29, 0.717) is 4.58 Å². The van der Waals surface area contributed by atoms with Crippen LogP contribution in [0.15, 0.2) is 0 Å². The van der Waals surface area contributed by atoms with Gasteiger partial charge in [0.15, 0.2) is 0 Å². The first kappa shape index (κ1) is 12.8.